The summed E-state index contributed by atoms with van der Waals surface area (Å²) in [6, 6.07) is 0. The van der Waals surface area contributed by atoms with Crippen molar-refractivity contribution in [1.82, 2.24) is 0 Å². The molecule has 75 heavy (non-hydrogen) atoms. The zero-order valence-electron chi connectivity index (χ0n) is 47.0. The first-order valence-corrected chi connectivity index (χ1v) is 49.3. The smallest absolute Gasteiger partial charge is 0.373 e. The summed E-state index contributed by atoms with van der Waals surface area (Å²) in [6.07, 6.45) is 28.0. The van der Waals surface area contributed by atoms with Gasteiger partial charge < -0.3 is 39.8 Å². The van der Waals surface area contributed by atoms with Crippen LogP contribution in [-0.2, 0) is 39.8 Å². The van der Waals surface area contributed by atoms with Crippen LogP contribution in [0.3, 0.4) is 0 Å². The maximum Gasteiger partial charge on any atom is 0.515 e. The van der Waals surface area contributed by atoms with Crippen molar-refractivity contribution in [2.75, 3.05) is 59.5 Å². The molecular weight excluding hydrogens is 1230 g/mol. The van der Waals surface area contributed by atoms with E-state index < -0.39 is 26.4 Å². The zero-order chi connectivity index (χ0) is 53.3. The van der Waals surface area contributed by atoms with Crippen LogP contribution in [0.4, 0.5) is 0 Å². The van der Waals surface area contributed by atoms with E-state index in [2.05, 4.69) is 94.7 Å². The van der Waals surface area contributed by atoms with E-state index in [1.807, 2.05) is 91.3 Å². The standard InChI is InChI=1S/C51H96O9S12Si3/c1-10-52-73(53-11-2,54-12-3)45(61-67-70-64-49-29-22-41(36-49)23-30-49)35-44-21-19-20-28-48(44,39-46(74(55-13-4,56-14-5)57-15-6)62-68-71-65-50-31-24-42(37-50)25-32-50)40-47(75(58-16-7,59-17-8)60-18-9)63-69-72-66-51-33-26-43(38-51)27-34-51/h41-47H,10-40H2,1-9H3. The predicted octanol–water partition coefficient (Wildman–Crippen LogP) is 19.2. The van der Waals surface area contributed by atoms with Gasteiger partial charge in [0.15, 0.2) is 0 Å². The maximum absolute atomic E-state index is 7.07. The molecule has 7 saturated carbocycles. The largest absolute Gasteiger partial charge is 0.515 e. The highest BCUT2D eigenvalue weighted by Gasteiger charge is 2.61. The van der Waals surface area contributed by atoms with Crippen LogP contribution < -0.4 is 0 Å². The molecule has 0 aromatic heterocycles. The first-order valence-electron chi connectivity index (χ1n) is 29.2. The summed E-state index contributed by atoms with van der Waals surface area (Å²) in [5.74, 6) is 3.10. The highest BCUT2D eigenvalue weighted by molar-refractivity contribution is 9.27. The molecule has 0 spiro atoms. The lowest BCUT2D eigenvalue weighted by Crippen LogP contribution is -2.60. The molecule has 7 fully saturated rings. The quantitative estimate of drug-likeness (QED) is 0.0330. The van der Waals surface area contributed by atoms with E-state index >= 15 is 0 Å². The van der Waals surface area contributed by atoms with E-state index in [1.54, 1.807) is 0 Å². The van der Waals surface area contributed by atoms with Crippen molar-refractivity contribution < 1.29 is 39.8 Å². The fraction of sp³-hybridized carbons (Fsp3) is 1.00. The Kier molecular flexibility index (Phi) is 29.5. The number of fused-ring (bicyclic) bond motifs is 6. The summed E-state index contributed by atoms with van der Waals surface area (Å²) in [5.41, 5.74) is -0.180. The molecule has 24 heteroatoms. The Balaban J connectivity index is 1.29. The van der Waals surface area contributed by atoms with Crippen molar-refractivity contribution in [2.24, 2.45) is 29.1 Å². The second-order valence-electron chi connectivity index (χ2n) is 22.1. The Morgan fingerprint density at radius 3 is 0.933 bits per heavy atom. The van der Waals surface area contributed by atoms with Gasteiger partial charge in [0.25, 0.3) is 0 Å². The van der Waals surface area contributed by atoms with E-state index in [4.69, 9.17) is 39.8 Å². The van der Waals surface area contributed by atoms with Crippen molar-refractivity contribution in [3.8, 4) is 0 Å². The van der Waals surface area contributed by atoms with Gasteiger partial charge >= 0.3 is 26.4 Å². The number of hydrogen-bond acceptors (Lipinski definition) is 21. The van der Waals surface area contributed by atoms with Crippen molar-refractivity contribution in [3.05, 3.63) is 0 Å². The second kappa shape index (κ2) is 33.0. The minimum Gasteiger partial charge on any atom is -0.373 e. The van der Waals surface area contributed by atoms with Gasteiger partial charge in [-0.05, 0) is 279 Å². The molecule has 0 saturated heterocycles. The fourth-order valence-corrected chi connectivity index (χ4v) is 54.3. The highest BCUT2D eigenvalue weighted by atomic mass is 33.7. The van der Waals surface area contributed by atoms with E-state index in [0.717, 1.165) is 49.9 Å². The molecule has 7 rings (SSSR count). The van der Waals surface area contributed by atoms with Gasteiger partial charge in [0.2, 0.25) is 0 Å². The highest BCUT2D eigenvalue weighted by Crippen LogP contribution is 2.67. The SMILES string of the molecule is CCO[Si](OCC)(OCC)C(CC1CCCCC1(CC(SSSSC12CCC(CC1)C2)[Si](OCC)(OCC)OCC)CC(SSSSC12CCC(CC1)C2)[Si](OCC)(OCC)OCC)SSSSC12CCC(CC1)C2. The molecule has 0 N–H and O–H groups in total. The van der Waals surface area contributed by atoms with Crippen molar-refractivity contribution in [2.45, 2.75) is 232 Å². The average Bonchev–Trinajstić information content (AvgIpc) is 4.30. The van der Waals surface area contributed by atoms with Gasteiger partial charge in [-0.1, -0.05) is 77.6 Å². The Morgan fingerprint density at radius 1 is 0.360 bits per heavy atom. The van der Waals surface area contributed by atoms with Crippen LogP contribution in [0.1, 0.15) is 204 Å². The second-order valence-corrected chi connectivity index (χ2v) is 50.9. The molecule has 438 valence electrons. The number of hydrogen-bond donors (Lipinski definition) is 0. The van der Waals surface area contributed by atoms with Gasteiger partial charge in [-0.25, -0.2) is 0 Å². The van der Waals surface area contributed by atoms with Crippen LogP contribution in [0.2, 0.25) is 0 Å². The molecule has 0 amide bonds. The minimum atomic E-state index is -3.31. The molecule has 7 aliphatic carbocycles. The van der Waals surface area contributed by atoms with E-state index in [0.29, 0.717) is 79.6 Å². The summed E-state index contributed by atoms with van der Waals surface area (Å²) in [5, 5.41) is 0. The molecule has 0 aromatic carbocycles. The van der Waals surface area contributed by atoms with Crippen LogP contribution >= 0.6 is 124 Å². The first-order chi connectivity index (χ1) is 36.4. The van der Waals surface area contributed by atoms with E-state index in [-0.39, 0.29) is 20.0 Å². The third kappa shape index (κ3) is 17.6. The normalized spacial score (nSPS) is 31.8. The van der Waals surface area contributed by atoms with E-state index in [9.17, 15) is 0 Å². The zero-order valence-corrected chi connectivity index (χ0v) is 59.8. The molecule has 0 aromatic rings. The fourth-order valence-electron chi connectivity index (χ4n) is 14.3. The molecule has 4 unspecified atom stereocenters. The van der Waals surface area contributed by atoms with Gasteiger partial charge in [0.05, 0.1) is 14.6 Å². The molecule has 7 aliphatic rings. The lowest BCUT2D eigenvalue weighted by Gasteiger charge is -2.51. The van der Waals surface area contributed by atoms with Crippen LogP contribution in [0, 0.1) is 29.1 Å². The molecule has 0 heterocycles. The molecule has 0 aliphatic heterocycles. The summed E-state index contributed by atoms with van der Waals surface area (Å²) in [7, 11) is 14.6. The van der Waals surface area contributed by atoms with Crippen molar-refractivity contribution in [1.29, 1.82) is 0 Å². The average molecular weight is 1320 g/mol. The van der Waals surface area contributed by atoms with Gasteiger partial charge in [0.1, 0.15) is 0 Å². The number of rotatable bonds is 42. The predicted molar refractivity (Wildman–Crippen MR) is 351 cm³/mol. The van der Waals surface area contributed by atoms with Crippen molar-refractivity contribution in [3.63, 3.8) is 0 Å². The van der Waals surface area contributed by atoms with Crippen molar-refractivity contribution >= 4 is 150 Å². The maximum atomic E-state index is 7.07. The minimum absolute atomic E-state index is 0.00293. The summed E-state index contributed by atoms with van der Waals surface area (Å²) in [6.45, 7) is 24.1. The van der Waals surface area contributed by atoms with Crippen LogP contribution in [0.5, 0.6) is 0 Å². The van der Waals surface area contributed by atoms with Gasteiger partial charge in [0, 0.05) is 73.7 Å². The molecule has 0 radical (unpaired) electrons. The Bertz CT molecular complexity index is 1520. The molecular formula is C51H96O9S12Si3. The third-order valence-electron chi connectivity index (χ3n) is 17.5. The van der Waals surface area contributed by atoms with Crippen LogP contribution in [0.15, 0.2) is 0 Å². The summed E-state index contributed by atoms with van der Waals surface area (Å²) < 4.78 is 64.7. The Morgan fingerprint density at radius 2 is 0.653 bits per heavy atom. The monoisotopic (exact) mass is 1320 g/mol. The summed E-state index contributed by atoms with van der Waals surface area (Å²) in [4.78, 5) is 0.0334. The van der Waals surface area contributed by atoms with Gasteiger partial charge in [-0.3, -0.25) is 0 Å². The van der Waals surface area contributed by atoms with Gasteiger partial charge in [-0.15, -0.1) is 0 Å². The molecule has 6 bridgehead atoms. The Hall–Kier alpha value is 4.49. The first kappa shape index (κ1) is 67.0. The topological polar surface area (TPSA) is 83.1 Å². The Labute approximate surface area is 505 Å². The van der Waals surface area contributed by atoms with Crippen LogP contribution in [-0.4, -0.2) is 115 Å². The third-order valence-corrected chi connectivity index (χ3v) is 53.6. The lowest BCUT2D eigenvalue weighted by molar-refractivity contribution is 0.0255. The van der Waals surface area contributed by atoms with Crippen LogP contribution in [0.25, 0.3) is 0 Å². The summed E-state index contributed by atoms with van der Waals surface area (Å²) >= 11 is 0. The van der Waals surface area contributed by atoms with Gasteiger partial charge in [-0.2, -0.15) is 0 Å². The lowest BCUT2D eigenvalue weighted by atomic mass is 9.62. The molecule has 4 atom stereocenters. The van der Waals surface area contributed by atoms with E-state index in [1.165, 1.54) is 109 Å². The molecule has 9 nitrogen and oxygen atoms in total.